The summed E-state index contributed by atoms with van der Waals surface area (Å²) in [5, 5.41) is 0. The van der Waals surface area contributed by atoms with Crippen LogP contribution in [0.25, 0.3) is 0 Å². The Morgan fingerprint density at radius 1 is 0.680 bits per heavy atom. The predicted molar refractivity (Wildman–Crippen MR) is 129 cm³/mol. The molecule has 0 aromatic carbocycles. The van der Waals surface area contributed by atoms with E-state index in [2.05, 4.69) is 62.9 Å². The molecule has 0 fully saturated rings. The Morgan fingerprint density at radius 3 is 0.920 bits per heavy atom. The molecule has 0 atom stereocenters. The second-order valence-electron chi connectivity index (χ2n) is 7.42. The second-order valence-corrected chi connectivity index (χ2v) is 19.8. The van der Waals surface area contributed by atoms with Gasteiger partial charge in [-0.05, 0) is 31.7 Å². The first-order chi connectivity index (χ1) is 11.5. The number of ether oxygens (including phenoxy) is 2. The molecule has 0 saturated heterocycles. The quantitative estimate of drug-likeness (QED) is 0.381. The summed E-state index contributed by atoms with van der Waals surface area (Å²) in [7, 11) is 7.96. The van der Waals surface area contributed by atoms with Crippen molar-refractivity contribution >= 4 is 41.3 Å². The van der Waals surface area contributed by atoms with Crippen LogP contribution < -0.4 is 0 Å². The maximum absolute atomic E-state index is 7.44. The Morgan fingerprint density at radius 2 is 0.840 bits per heavy atom. The summed E-state index contributed by atoms with van der Waals surface area (Å²) < 4.78 is 18.3. The average molecular weight is 541 g/mol. The summed E-state index contributed by atoms with van der Waals surface area (Å²) in [6.45, 7) is 18.8. The number of hydrogen-bond acceptors (Lipinski definition) is 3. The van der Waals surface area contributed by atoms with E-state index in [1.54, 1.807) is 0 Å². The van der Waals surface area contributed by atoms with Crippen LogP contribution in [0.1, 0.15) is 0 Å². The van der Waals surface area contributed by atoms with Crippen molar-refractivity contribution in [2.24, 2.45) is 0 Å². The third-order valence-corrected chi connectivity index (χ3v) is 8.30. The molecule has 0 spiro atoms. The van der Waals surface area contributed by atoms with Gasteiger partial charge < -0.3 is 9.47 Å². The third-order valence-electron chi connectivity index (χ3n) is 3.21. The molecule has 0 bridgehead atoms. The predicted octanol–water partition coefficient (Wildman–Crippen LogP) is 4.60. The molecule has 0 aromatic heterocycles. The fourth-order valence-electron chi connectivity index (χ4n) is 2.30. The Balaban J connectivity index is -0.000000334. The summed E-state index contributed by atoms with van der Waals surface area (Å²) >= 11 is -0.938. The van der Waals surface area contributed by atoms with Gasteiger partial charge >= 0.3 is 29.7 Å². The maximum atomic E-state index is 7.44. The van der Waals surface area contributed by atoms with Crippen molar-refractivity contribution in [3.8, 4) is 0 Å². The van der Waals surface area contributed by atoms with E-state index >= 15 is 0 Å². The SMILES string of the molecule is COC(C[PH+](C)C)C[PH+](C)C.COC(C[PH+](C)C)C[PH+](C)C.[N]#[99Tc][Cl]. The standard InChI is InChI=1S/2C8H20OP2.ClH.N.Tc/c2*1-9-8(6-10(2)3)7-11(4)5;;;/h2*8H,6-7H2,1-5H3;1H;;/q;;;;+1/p+3/i;;;;1+1. The zero-order valence-electron chi connectivity index (χ0n) is 18.0. The fourth-order valence-corrected chi connectivity index (χ4v) is 7.76. The van der Waals surface area contributed by atoms with Gasteiger partial charge in [0.25, 0.3) is 0 Å². The molecule has 0 N–H and O–H groups in total. The number of halogens is 1. The van der Waals surface area contributed by atoms with Gasteiger partial charge in [-0.2, -0.15) is 0 Å². The molecule has 0 saturated carbocycles. The van der Waals surface area contributed by atoms with Gasteiger partial charge in [0.1, 0.15) is 12.2 Å². The van der Waals surface area contributed by atoms with Gasteiger partial charge in [0.15, 0.2) is 0 Å². The van der Waals surface area contributed by atoms with Crippen molar-refractivity contribution in [2.75, 3.05) is 92.2 Å². The monoisotopic (exact) mass is 540 g/mol. The van der Waals surface area contributed by atoms with E-state index in [4.69, 9.17) is 13.3 Å². The number of hydrogen-bond donors (Lipinski definition) is 0. The van der Waals surface area contributed by atoms with Gasteiger partial charge in [0, 0.05) is 67.5 Å². The molecule has 0 unspecified atom stereocenters. The first-order valence-corrected chi connectivity index (χ1v) is 22.7. The fraction of sp³-hybridized carbons (Fsp3) is 1.00. The van der Waals surface area contributed by atoms with Gasteiger partial charge in [-0.1, -0.05) is 0 Å². The molecule has 0 aliphatic heterocycles. The molecule has 0 aromatic rings. The van der Waals surface area contributed by atoms with Crippen LogP contribution >= 0.6 is 41.3 Å². The van der Waals surface area contributed by atoms with E-state index in [9.17, 15) is 0 Å². The number of nitrogens with zero attached hydrogens (tertiary/aromatic N) is 1. The van der Waals surface area contributed by atoms with Crippen LogP contribution in [-0.4, -0.2) is 104 Å². The van der Waals surface area contributed by atoms with Crippen LogP contribution in [0.2, 0.25) is 0 Å². The molecule has 0 aliphatic carbocycles. The Hall–Kier alpha value is 2.29. The topological polar surface area (TPSA) is 42.2 Å². The Bertz CT molecular complexity index is 275. The van der Waals surface area contributed by atoms with Crippen molar-refractivity contribution in [1.29, 1.82) is 3.84 Å². The number of rotatable bonds is 10. The van der Waals surface area contributed by atoms with Crippen molar-refractivity contribution in [2.45, 2.75) is 12.2 Å². The van der Waals surface area contributed by atoms with Crippen LogP contribution in [0.3, 0.4) is 0 Å². The zero-order chi connectivity index (χ0) is 20.4. The van der Waals surface area contributed by atoms with Crippen molar-refractivity contribution < 1.29 is 25.8 Å². The molecule has 0 rings (SSSR count). The van der Waals surface area contributed by atoms with E-state index in [1.807, 2.05) is 14.2 Å². The molecule has 25 heavy (non-hydrogen) atoms. The van der Waals surface area contributed by atoms with Crippen LogP contribution in [0.15, 0.2) is 0 Å². The first-order valence-electron chi connectivity index (χ1n) is 8.65. The van der Waals surface area contributed by atoms with Crippen molar-refractivity contribution in [3.05, 3.63) is 0 Å². The molecule has 3 nitrogen and oxygen atoms in total. The van der Waals surface area contributed by atoms with Gasteiger partial charge in [-0.3, -0.25) is 0 Å². The van der Waals surface area contributed by atoms with Crippen LogP contribution in [0.5, 0.6) is 0 Å². The molecular formula is C16H44ClNO2P4Tc+4. The third kappa shape index (κ3) is 31.2. The van der Waals surface area contributed by atoms with Crippen molar-refractivity contribution in [3.63, 3.8) is 0 Å². The average Bonchev–Trinajstić information content (AvgIpc) is 2.45. The summed E-state index contributed by atoms with van der Waals surface area (Å²) in [5.74, 6) is 0. The summed E-state index contributed by atoms with van der Waals surface area (Å²) in [6.07, 6.45) is 6.38. The minimum atomic E-state index is -0.938. The minimum absolute atomic E-state index is 0.0993. The van der Waals surface area contributed by atoms with E-state index in [1.165, 1.54) is 24.6 Å². The zero-order valence-corrected chi connectivity index (χ0v) is 24.6. The molecule has 0 aliphatic rings. The van der Waals surface area contributed by atoms with Gasteiger partial charge in [-0.25, -0.2) is 0 Å². The number of methoxy groups -OCH3 is 2. The van der Waals surface area contributed by atoms with Crippen molar-refractivity contribution in [1.82, 2.24) is 0 Å². The van der Waals surface area contributed by atoms with E-state index in [0.29, 0.717) is 12.2 Å². The molecule has 0 radical (unpaired) electrons. The van der Waals surface area contributed by atoms with Crippen LogP contribution in [0, 0.1) is 3.84 Å². The van der Waals surface area contributed by atoms with Gasteiger partial charge in [-0.15, -0.1) is 0 Å². The summed E-state index contributed by atoms with van der Waals surface area (Å²) in [5.41, 5.74) is 0. The second kappa shape index (κ2) is 22.6. The van der Waals surface area contributed by atoms with E-state index < -0.39 is 16.3 Å². The first kappa shape index (κ1) is 32.0. The van der Waals surface area contributed by atoms with E-state index in [0.717, 1.165) is 0 Å². The molecule has 155 valence electrons. The molecule has 9 heteroatoms. The summed E-state index contributed by atoms with van der Waals surface area (Å²) in [6, 6.07) is 0. The van der Waals surface area contributed by atoms with Gasteiger partial charge in [0.05, 0.1) is 24.6 Å². The normalized spacial score (nSPS) is 11.0. The van der Waals surface area contributed by atoms with Crippen LogP contribution in [-0.2, 0) is 25.8 Å². The Labute approximate surface area is 174 Å². The van der Waals surface area contributed by atoms with Gasteiger partial charge in [0.2, 0.25) is 0 Å². The Kier molecular flexibility index (Phi) is 28.9. The van der Waals surface area contributed by atoms with E-state index in [-0.39, 0.29) is 31.7 Å². The molecule has 0 amide bonds. The molecule has 0 heterocycles. The molecular weight excluding hydrogens is 496 g/mol. The van der Waals surface area contributed by atoms with Crippen LogP contribution in [0.4, 0.5) is 0 Å². The summed E-state index contributed by atoms with van der Waals surface area (Å²) in [4.78, 5) is 0.